The molecule has 1 aromatic heterocycles. The summed E-state index contributed by atoms with van der Waals surface area (Å²) in [5, 5.41) is 19.6. The van der Waals surface area contributed by atoms with E-state index in [4.69, 9.17) is 4.99 Å². The summed E-state index contributed by atoms with van der Waals surface area (Å²) in [4.78, 5) is 5.27. The molecule has 3 atom stereocenters. The molecule has 9 rings (SSSR count). The monoisotopic (exact) mass is 621 g/mol. The van der Waals surface area contributed by atoms with Crippen LogP contribution in [0.25, 0.3) is 38.6 Å². The van der Waals surface area contributed by atoms with E-state index >= 15 is 0 Å². The van der Waals surface area contributed by atoms with Crippen LogP contribution in [0.3, 0.4) is 0 Å². The molecular formula is C43H35N5. The van der Waals surface area contributed by atoms with E-state index in [-0.39, 0.29) is 23.7 Å². The van der Waals surface area contributed by atoms with E-state index in [0.29, 0.717) is 5.56 Å². The van der Waals surface area contributed by atoms with E-state index in [9.17, 15) is 5.26 Å². The van der Waals surface area contributed by atoms with Crippen molar-refractivity contribution in [2.45, 2.75) is 38.0 Å². The highest BCUT2D eigenvalue weighted by molar-refractivity contribution is 6.16. The number of nitriles is 1. The van der Waals surface area contributed by atoms with Crippen molar-refractivity contribution < 1.29 is 0 Å². The van der Waals surface area contributed by atoms with Gasteiger partial charge < -0.3 is 9.88 Å². The zero-order chi connectivity index (χ0) is 32.4. The minimum Gasteiger partial charge on any atom is -0.354 e. The van der Waals surface area contributed by atoms with Gasteiger partial charge in [-0.25, -0.2) is 4.99 Å². The van der Waals surface area contributed by atoms with Crippen molar-refractivity contribution in [1.82, 2.24) is 15.2 Å². The summed E-state index contributed by atoms with van der Waals surface area (Å²) in [5.41, 5.74) is 11.8. The van der Waals surface area contributed by atoms with Gasteiger partial charge in [0.05, 0.1) is 22.7 Å². The molecule has 0 saturated heterocycles. The molecule has 0 bridgehead atoms. The average molecular weight is 622 g/mol. The highest BCUT2D eigenvalue weighted by Crippen LogP contribution is 2.53. The van der Waals surface area contributed by atoms with Gasteiger partial charge in [0.2, 0.25) is 0 Å². The molecule has 232 valence electrons. The Kier molecular flexibility index (Phi) is 6.50. The number of nitrogens with one attached hydrogen (secondary N) is 2. The van der Waals surface area contributed by atoms with Gasteiger partial charge in [0.25, 0.3) is 0 Å². The van der Waals surface area contributed by atoms with E-state index < -0.39 is 0 Å². The number of allylic oxidation sites excluding steroid dienone is 3. The van der Waals surface area contributed by atoms with Crippen LogP contribution in [0.2, 0.25) is 0 Å². The Morgan fingerprint density at radius 1 is 0.812 bits per heavy atom. The molecule has 5 aromatic carbocycles. The summed E-state index contributed by atoms with van der Waals surface area (Å²) in [6.45, 7) is 4.70. The van der Waals surface area contributed by atoms with Crippen LogP contribution in [-0.2, 0) is 5.41 Å². The summed E-state index contributed by atoms with van der Waals surface area (Å²) in [6.07, 6.45) is 7.10. The number of benzene rings is 5. The predicted octanol–water partition coefficient (Wildman–Crippen LogP) is 9.38. The Morgan fingerprint density at radius 2 is 1.60 bits per heavy atom. The molecule has 0 fully saturated rings. The van der Waals surface area contributed by atoms with E-state index in [1.54, 1.807) is 0 Å². The van der Waals surface area contributed by atoms with Gasteiger partial charge >= 0.3 is 0 Å². The van der Waals surface area contributed by atoms with Crippen molar-refractivity contribution in [3.63, 3.8) is 0 Å². The summed E-state index contributed by atoms with van der Waals surface area (Å²) < 4.78 is 2.52. The molecule has 0 saturated carbocycles. The first kappa shape index (κ1) is 28.5. The van der Waals surface area contributed by atoms with Crippen molar-refractivity contribution in [2.75, 3.05) is 0 Å². The number of amidine groups is 1. The summed E-state index contributed by atoms with van der Waals surface area (Å²) in [5.74, 6) is 0.978. The molecule has 2 aliphatic carbocycles. The predicted molar refractivity (Wildman–Crippen MR) is 195 cm³/mol. The number of nitrogens with zero attached hydrogens (tertiary/aromatic N) is 3. The molecule has 2 N–H and O–H groups in total. The first-order chi connectivity index (χ1) is 23.5. The summed E-state index contributed by atoms with van der Waals surface area (Å²) in [6, 6.07) is 42.9. The lowest BCUT2D eigenvalue weighted by atomic mass is 9.82. The smallest absolute Gasteiger partial charge is 0.129 e. The Hall–Kier alpha value is -5.70. The molecule has 48 heavy (non-hydrogen) atoms. The normalized spacial score (nSPS) is 20.8. The molecule has 0 spiro atoms. The van der Waals surface area contributed by atoms with E-state index in [0.717, 1.165) is 23.4 Å². The molecule has 6 aromatic rings. The fraction of sp³-hybridized carbons (Fsp3) is 0.163. The van der Waals surface area contributed by atoms with Gasteiger partial charge in [-0.15, -0.1) is 0 Å². The third-order valence-corrected chi connectivity index (χ3v) is 10.4. The van der Waals surface area contributed by atoms with Gasteiger partial charge in [-0.3, -0.25) is 5.32 Å². The first-order valence-electron chi connectivity index (χ1n) is 16.7. The fourth-order valence-corrected chi connectivity index (χ4v) is 8.09. The van der Waals surface area contributed by atoms with Crippen LogP contribution in [0.15, 0.2) is 138 Å². The van der Waals surface area contributed by atoms with Gasteiger partial charge in [-0.05, 0) is 52.1 Å². The first-order valence-corrected chi connectivity index (χ1v) is 16.7. The Balaban J connectivity index is 1.17. The van der Waals surface area contributed by atoms with E-state index in [1.807, 2.05) is 30.3 Å². The molecule has 1 aliphatic heterocycles. The molecule has 0 amide bonds. The molecule has 0 radical (unpaired) electrons. The fourth-order valence-electron chi connectivity index (χ4n) is 8.09. The SMILES string of the molecule is CC1(C)c2ccccc2-c2c1ccc1c3ccccc3n(C3=CC=CC(C4=NC(c5cccc(C#N)c5)NC(c5ccccc5)N4)C3)c21. The zero-order valence-corrected chi connectivity index (χ0v) is 27.0. The minimum absolute atomic E-state index is 0.0386. The standard InChI is InChI=1S/C43H35N5/c1-43(2)35-20-8-6-19-34(35)38-36(43)23-22-33-32-18-7-9-21-37(32)48(39(33)38)31-17-11-16-30(25-31)42-46-40(28-13-4-3-5-14-28)45-41(47-42)29-15-10-12-27(24-29)26-44/h3-24,30,40-41,45H,25H2,1-2H3,(H,46,47). The lowest BCUT2D eigenvalue weighted by Gasteiger charge is -2.35. The topological polar surface area (TPSA) is 65.1 Å². The lowest BCUT2D eigenvalue weighted by Crippen LogP contribution is -2.47. The van der Waals surface area contributed by atoms with Crippen molar-refractivity contribution >= 4 is 33.3 Å². The lowest BCUT2D eigenvalue weighted by molar-refractivity contribution is 0.399. The van der Waals surface area contributed by atoms with Gasteiger partial charge in [0.1, 0.15) is 18.2 Å². The number of aliphatic imine (C=N–C) groups is 1. The van der Waals surface area contributed by atoms with Crippen molar-refractivity contribution in [3.8, 4) is 17.2 Å². The largest absolute Gasteiger partial charge is 0.354 e. The number of aromatic nitrogens is 1. The molecule has 3 unspecified atom stereocenters. The second-order valence-corrected chi connectivity index (χ2v) is 13.6. The zero-order valence-electron chi connectivity index (χ0n) is 27.0. The van der Waals surface area contributed by atoms with Crippen molar-refractivity contribution in [3.05, 3.63) is 161 Å². The maximum atomic E-state index is 9.62. The van der Waals surface area contributed by atoms with Gasteiger partial charge in [-0.1, -0.05) is 123 Å². The van der Waals surface area contributed by atoms with Gasteiger partial charge in [0, 0.05) is 39.8 Å². The van der Waals surface area contributed by atoms with Crippen LogP contribution in [0.1, 0.15) is 60.4 Å². The average Bonchev–Trinajstić information content (AvgIpc) is 3.60. The van der Waals surface area contributed by atoms with Crippen molar-refractivity contribution in [1.29, 1.82) is 5.26 Å². The molecule has 5 heteroatoms. The molecular weight excluding hydrogens is 587 g/mol. The van der Waals surface area contributed by atoms with Crippen LogP contribution in [0.5, 0.6) is 0 Å². The van der Waals surface area contributed by atoms with Gasteiger partial charge in [-0.2, -0.15) is 5.26 Å². The molecule has 5 nitrogen and oxygen atoms in total. The second kappa shape index (κ2) is 10.9. The third-order valence-electron chi connectivity index (χ3n) is 10.4. The van der Waals surface area contributed by atoms with Crippen LogP contribution in [-0.4, -0.2) is 10.4 Å². The number of rotatable bonds is 4. The van der Waals surface area contributed by atoms with E-state index in [1.165, 1.54) is 49.8 Å². The molecule has 3 aliphatic rings. The molecule has 2 heterocycles. The van der Waals surface area contributed by atoms with Crippen LogP contribution in [0, 0.1) is 17.2 Å². The maximum Gasteiger partial charge on any atom is 0.129 e. The number of hydrogen-bond donors (Lipinski definition) is 2. The van der Waals surface area contributed by atoms with Crippen LogP contribution in [0.4, 0.5) is 0 Å². The minimum atomic E-state index is -0.294. The van der Waals surface area contributed by atoms with Gasteiger partial charge in [0.15, 0.2) is 0 Å². The summed E-state index contributed by atoms with van der Waals surface area (Å²) in [7, 11) is 0. The second-order valence-electron chi connectivity index (χ2n) is 13.6. The van der Waals surface area contributed by atoms with Crippen molar-refractivity contribution in [2.24, 2.45) is 10.9 Å². The Morgan fingerprint density at radius 3 is 2.48 bits per heavy atom. The van der Waals surface area contributed by atoms with Crippen LogP contribution < -0.4 is 10.6 Å². The summed E-state index contributed by atoms with van der Waals surface area (Å²) >= 11 is 0. The number of fused-ring (bicyclic) bond motifs is 7. The Labute approximate surface area is 280 Å². The van der Waals surface area contributed by atoms with Crippen LogP contribution >= 0.6 is 0 Å². The quantitative estimate of drug-likeness (QED) is 0.206. The van der Waals surface area contributed by atoms with E-state index in [2.05, 4.69) is 138 Å². The Bertz CT molecular complexity index is 2380. The highest BCUT2D eigenvalue weighted by Gasteiger charge is 2.38. The number of para-hydroxylation sites is 1. The third kappa shape index (κ3) is 4.37. The maximum absolute atomic E-state index is 9.62. The highest BCUT2D eigenvalue weighted by atomic mass is 15.3. The number of hydrogen-bond acceptors (Lipinski definition) is 4.